The van der Waals surface area contributed by atoms with Gasteiger partial charge in [-0.1, -0.05) is 0 Å². The van der Waals surface area contributed by atoms with Crippen molar-refractivity contribution in [2.24, 2.45) is 5.92 Å². The first-order chi connectivity index (χ1) is 9.61. The highest BCUT2D eigenvalue weighted by atomic mass is 16.4. The van der Waals surface area contributed by atoms with Gasteiger partial charge in [0, 0.05) is 39.3 Å². The van der Waals surface area contributed by atoms with Crippen molar-refractivity contribution in [3.8, 4) is 0 Å². The van der Waals surface area contributed by atoms with Gasteiger partial charge in [0.1, 0.15) is 0 Å². The van der Waals surface area contributed by atoms with Crippen molar-refractivity contribution >= 4 is 12.0 Å². The molecule has 1 atom stereocenters. The minimum absolute atomic E-state index is 0.0420. The van der Waals surface area contributed by atoms with E-state index < -0.39 is 11.9 Å². The van der Waals surface area contributed by atoms with Crippen molar-refractivity contribution in [2.45, 2.75) is 12.8 Å². The van der Waals surface area contributed by atoms with E-state index in [9.17, 15) is 9.59 Å². The maximum atomic E-state index is 12.4. The van der Waals surface area contributed by atoms with E-state index >= 15 is 0 Å². The minimum Gasteiger partial charge on any atom is -0.481 e. The van der Waals surface area contributed by atoms with Crippen LogP contribution in [0.25, 0.3) is 0 Å². The highest BCUT2D eigenvalue weighted by Crippen LogP contribution is 2.18. The van der Waals surface area contributed by atoms with E-state index in [0.717, 1.165) is 19.5 Å². The summed E-state index contributed by atoms with van der Waals surface area (Å²) in [5, 5.41) is 17.9. The summed E-state index contributed by atoms with van der Waals surface area (Å²) in [5.74, 6) is -1.23. The number of carboxylic acids is 1. The average Bonchev–Trinajstić information content (AvgIpc) is 2.80. The summed E-state index contributed by atoms with van der Waals surface area (Å²) < 4.78 is 0. The van der Waals surface area contributed by atoms with Gasteiger partial charge in [0.05, 0.1) is 12.5 Å². The van der Waals surface area contributed by atoms with Crippen LogP contribution in [0.5, 0.6) is 0 Å². The van der Waals surface area contributed by atoms with Gasteiger partial charge in [-0.25, -0.2) is 4.79 Å². The molecule has 2 amide bonds. The number of urea groups is 1. The first-order valence-electron chi connectivity index (χ1n) is 7.21. The molecule has 0 aliphatic carbocycles. The lowest BCUT2D eigenvalue weighted by Crippen LogP contribution is -2.44. The number of likely N-dealkylation sites (tertiary alicyclic amines) is 1. The van der Waals surface area contributed by atoms with Crippen LogP contribution in [-0.2, 0) is 4.79 Å². The molecule has 2 aliphatic heterocycles. The molecule has 0 spiro atoms. The van der Waals surface area contributed by atoms with Gasteiger partial charge in [-0.05, 0) is 19.4 Å². The Morgan fingerprint density at radius 3 is 2.50 bits per heavy atom. The topological polar surface area (TPSA) is 84.3 Å². The Balaban J connectivity index is 1.85. The highest BCUT2D eigenvalue weighted by molar-refractivity contribution is 5.77. The number of amides is 2. The van der Waals surface area contributed by atoms with Gasteiger partial charge in [-0.15, -0.1) is 0 Å². The van der Waals surface area contributed by atoms with E-state index in [1.807, 2.05) is 4.90 Å². The molecule has 0 aromatic carbocycles. The average molecular weight is 285 g/mol. The third-order valence-corrected chi connectivity index (χ3v) is 4.08. The largest absolute Gasteiger partial charge is 0.481 e. The van der Waals surface area contributed by atoms with Crippen LogP contribution in [0.4, 0.5) is 4.79 Å². The molecule has 1 unspecified atom stereocenters. The number of carbonyl (C=O) groups excluding carboxylic acids is 1. The van der Waals surface area contributed by atoms with Crippen molar-refractivity contribution < 1.29 is 19.8 Å². The summed E-state index contributed by atoms with van der Waals surface area (Å²) in [6.07, 6.45) is 1.44. The normalized spacial score (nSPS) is 24.8. The monoisotopic (exact) mass is 285 g/mol. The fourth-order valence-corrected chi connectivity index (χ4v) is 2.86. The van der Waals surface area contributed by atoms with Gasteiger partial charge in [-0.2, -0.15) is 0 Å². The Labute approximate surface area is 118 Å². The molecule has 7 nitrogen and oxygen atoms in total. The van der Waals surface area contributed by atoms with Crippen molar-refractivity contribution in [1.82, 2.24) is 14.7 Å². The summed E-state index contributed by atoms with van der Waals surface area (Å²) in [6, 6.07) is -0.0420. The van der Waals surface area contributed by atoms with Crippen molar-refractivity contribution in [3.05, 3.63) is 0 Å². The summed E-state index contributed by atoms with van der Waals surface area (Å²) in [5.41, 5.74) is 0. The number of hydrogen-bond acceptors (Lipinski definition) is 4. The number of aliphatic carboxylic acids is 1. The van der Waals surface area contributed by atoms with E-state index in [-0.39, 0.29) is 12.6 Å². The molecule has 2 N–H and O–H groups in total. The van der Waals surface area contributed by atoms with E-state index in [0.29, 0.717) is 39.1 Å². The first-order valence-corrected chi connectivity index (χ1v) is 7.21. The summed E-state index contributed by atoms with van der Waals surface area (Å²) in [4.78, 5) is 28.9. The Morgan fingerprint density at radius 1 is 1.05 bits per heavy atom. The molecule has 0 bridgehead atoms. The number of nitrogens with zero attached hydrogens (tertiary/aromatic N) is 3. The van der Waals surface area contributed by atoms with Gasteiger partial charge in [-0.3, -0.25) is 9.69 Å². The lowest BCUT2D eigenvalue weighted by molar-refractivity contribution is -0.141. The fraction of sp³-hybridized carbons (Fsp3) is 0.846. The molecule has 114 valence electrons. The molecule has 0 radical (unpaired) electrons. The zero-order chi connectivity index (χ0) is 14.5. The fourth-order valence-electron chi connectivity index (χ4n) is 2.86. The first kappa shape index (κ1) is 15.1. The second-order valence-electron chi connectivity index (χ2n) is 5.46. The van der Waals surface area contributed by atoms with E-state index in [1.54, 1.807) is 4.90 Å². The van der Waals surface area contributed by atoms with Crippen LogP contribution in [0.15, 0.2) is 0 Å². The van der Waals surface area contributed by atoms with Crippen molar-refractivity contribution in [1.29, 1.82) is 0 Å². The lowest BCUT2D eigenvalue weighted by atomic mass is 10.1. The quantitative estimate of drug-likeness (QED) is 0.731. The Hall–Kier alpha value is -1.34. The van der Waals surface area contributed by atoms with Crippen LogP contribution in [0.1, 0.15) is 12.8 Å². The predicted octanol–water partition coefficient (Wildman–Crippen LogP) is -0.487. The molecule has 0 aromatic heterocycles. The maximum Gasteiger partial charge on any atom is 0.320 e. The van der Waals surface area contributed by atoms with Crippen LogP contribution in [0.2, 0.25) is 0 Å². The van der Waals surface area contributed by atoms with Crippen LogP contribution in [-0.4, -0.2) is 89.3 Å². The summed E-state index contributed by atoms with van der Waals surface area (Å²) >= 11 is 0. The SMILES string of the molecule is O=C(O)C1CCN(C(=O)N2CCCN(CCO)CC2)C1. The van der Waals surface area contributed by atoms with Gasteiger partial charge < -0.3 is 20.0 Å². The molecule has 0 saturated carbocycles. The zero-order valence-electron chi connectivity index (χ0n) is 11.7. The zero-order valence-corrected chi connectivity index (χ0v) is 11.7. The summed E-state index contributed by atoms with van der Waals surface area (Å²) in [7, 11) is 0. The van der Waals surface area contributed by atoms with E-state index in [4.69, 9.17) is 10.2 Å². The highest BCUT2D eigenvalue weighted by Gasteiger charge is 2.33. The van der Waals surface area contributed by atoms with Gasteiger partial charge in [0.15, 0.2) is 0 Å². The second-order valence-corrected chi connectivity index (χ2v) is 5.46. The molecule has 7 heteroatoms. The molecule has 2 heterocycles. The van der Waals surface area contributed by atoms with Crippen molar-refractivity contribution in [2.75, 3.05) is 52.4 Å². The molecule has 20 heavy (non-hydrogen) atoms. The lowest BCUT2D eigenvalue weighted by Gasteiger charge is -2.27. The smallest absolute Gasteiger partial charge is 0.320 e. The Kier molecular flexibility index (Phi) is 5.19. The van der Waals surface area contributed by atoms with Crippen LogP contribution in [0.3, 0.4) is 0 Å². The number of β-amino-alcohol motifs (C(OH)–C–C–N with tert-alkyl or cyclic N) is 1. The molecular weight excluding hydrogens is 262 g/mol. The van der Waals surface area contributed by atoms with E-state index in [2.05, 4.69) is 4.90 Å². The molecular formula is C13H23N3O4. The number of hydrogen-bond donors (Lipinski definition) is 2. The number of carbonyl (C=O) groups is 2. The standard InChI is InChI=1S/C13H23N3O4/c17-9-8-14-3-1-4-15(7-6-14)13(20)16-5-2-11(10-16)12(18)19/h11,17H,1-10H2,(H,18,19). The van der Waals surface area contributed by atoms with Crippen molar-refractivity contribution in [3.63, 3.8) is 0 Å². The number of aliphatic hydroxyl groups excluding tert-OH is 1. The minimum atomic E-state index is -0.815. The Bertz CT molecular complexity index is 364. The third kappa shape index (κ3) is 3.61. The molecule has 2 aliphatic rings. The van der Waals surface area contributed by atoms with Crippen LogP contribution in [0, 0.1) is 5.92 Å². The number of carboxylic acid groups (broad SMARTS) is 1. The van der Waals surface area contributed by atoms with Crippen LogP contribution >= 0.6 is 0 Å². The number of aliphatic hydroxyl groups is 1. The van der Waals surface area contributed by atoms with Gasteiger partial charge in [0.25, 0.3) is 0 Å². The number of rotatable bonds is 3. The predicted molar refractivity (Wildman–Crippen MR) is 72.4 cm³/mol. The van der Waals surface area contributed by atoms with Gasteiger partial charge in [0.2, 0.25) is 0 Å². The maximum absolute atomic E-state index is 12.4. The second kappa shape index (κ2) is 6.90. The van der Waals surface area contributed by atoms with Crippen LogP contribution < -0.4 is 0 Å². The van der Waals surface area contributed by atoms with E-state index in [1.165, 1.54) is 0 Å². The molecule has 2 saturated heterocycles. The Morgan fingerprint density at radius 2 is 1.85 bits per heavy atom. The molecule has 2 fully saturated rings. The molecule has 2 rings (SSSR count). The van der Waals surface area contributed by atoms with Gasteiger partial charge >= 0.3 is 12.0 Å². The third-order valence-electron chi connectivity index (χ3n) is 4.08. The summed E-state index contributed by atoms with van der Waals surface area (Å²) in [6.45, 7) is 4.65. The molecule has 0 aromatic rings.